The van der Waals surface area contributed by atoms with E-state index in [1.165, 1.54) is 11.8 Å². The summed E-state index contributed by atoms with van der Waals surface area (Å²) < 4.78 is 5.18. The Kier molecular flexibility index (Phi) is 4.21. The van der Waals surface area contributed by atoms with Crippen LogP contribution in [0.15, 0.2) is 30.3 Å². The maximum atomic E-state index is 11.4. The monoisotopic (exact) mass is 224 g/mol. The van der Waals surface area contributed by atoms with E-state index in [-0.39, 0.29) is 5.30 Å². The van der Waals surface area contributed by atoms with Gasteiger partial charge < -0.3 is 4.74 Å². The zero-order valence-corrected chi connectivity index (χ0v) is 10.1. The van der Waals surface area contributed by atoms with Crippen LogP contribution in [0.1, 0.15) is 26.3 Å². The van der Waals surface area contributed by atoms with Crippen LogP contribution in [0.3, 0.4) is 0 Å². The van der Waals surface area contributed by atoms with Gasteiger partial charge in [-0.25, -0.2) is 4.79 Å². The fraction of sp³-hybridized carbons (Fsp3) is 0.417. The first kappa shape index (κ1) is 12.1. The van der Waals surface area contributed by atoms with Gasteiger partial charge in [-0.3, -0.25) is 0 Å². The minimum absolute atomic E-state index is 0.216. The molecule has 0 amide bonds. The molecule has 0 atom stereocenters. The summed E-state index contributed by atoms with van der Waals surface area (Å²) >= 11 is 1.20. The molecule has 0 spiro atoms. The van der Waals surface area contributed by atoms with Crippen LogP contribution in [0.25, 0.3) is 0 Å². The Hall–Kier alpha value is -0.960. The molecule has 1 rings (SSSR count). The first-order chi connectivity index (χ1) is 6.97. The van der Waals surface area contributed by atoms with Gasteiger partial charge in [-0.2, -0.15) is 0 Å². The highest BCUT2D eigenvalue weighted by Gasteiger charge is 2.16. The second-order valence-electron chi connectivity index (χ2n) is 4.24. The Morgan fingerprint density at radius 1 is 1.27 bits per heavy atom. The van der Waals surface area contributed by atoms with Crippen molar-refractivity contribution in [3.8, 4) is 0 Å². The van der Waals surface area contributed by atoms with E-state index < -0.39 is 5.60 Å². The number of hydrogen-bond donors (Lipinski definition) is 0. The van der Waals surface area contributed by atoms with Crippen molar-refractivity contribution in [3.05, 3.63) is 35.9 Å². The van der Waals surface area contributed by atoms with E-state index in [4.69, 9.17) is 4.74 Å². The highest BCUT2D eigenvalue weighted by molar-refractivity contribution is 8.12. The zero-order chi connectivity index (χ0) is 11.3. The maximum absolute atomic E-state index is 11.4. The average molecular weight is 224 g/mol. The van der Waals surface area contributed by atoms with E-state index in [0.717, 1.165) is 5.56 Å². The molecular weight excluding hydrogens is 208 g/mol. The van der Waals surface area contributed by atoms with E-state index in [0.29, 0.717) is 5.75 Å². The van der Waals surface area contributed by atoms with E-state index in [1.54, 1.807) is 0 Å². The molecule has 82 valence electrons. The normalized spacial score (nSPS) is 11.1. The molecule has 0 aromatic heterocycles. The summed E-state index contributed by atoms with van der Waals surface area (Å²) in [7, 11) is 0. The van der Waals surface area contributed by atoms with Gasteiger partial charge in [0.15, 0.2) is 0 Å². The SMILES string of the molecule is CC(C)(C)OC(=O)SCc1ccccc1. The molecule has 0 unspecified atom stereocenters. The minimum Gasteiger partial charge on any atom is -0.452 e. The maximum Gasteiger partial charge on any atom is 0.368 e. The second kappa shape index (κ2) is 5.21. The topological polar surface area (TPSA) is 26.3 Å². The lowest BCUT2D eigenvalue weighted by molar-refractivity contribution is 0.0738. The van der Waals surface area contributed by atoms with Crippen LogP contribution in [0.4, 0.5) is 4.79 Å². The summed E-state index contributed by atoms with van der Waals surface area (Å²) in [6.07, 6.45) is 0. The minimum atomic E-state index is -0.402. The van der Waals surface area contributed by atoms with Gasteiger partial charge in [0.1, 0.15) is 5.60 Å². The van der Waals surface area contributed by atoms with Gasteiger partial charge in [-0.15, -0.1) is 0 Å². The molecule has 0 bridgehead atoms. The van der Waals surface area contributed by atoms with Crippen LogP contribution in [0.2, 0.25) is 0 Å². The van der Waals surface area contributed by atoms with Gasteiger partial charge in [0, 0.05) is 5.75 Å². The third-order valence-electron chi connectivity index (χ3n) is 1.59. The summed E-state index contributed by atoms with van der Waals surface area (Å²) in [5.41, 5.74) is 0.731. The summed E-state index contributed by atoms with van der Waals surface area (Å²) in [6.45, 7) is 5.61. The number of hydrogen-bond acceptors (Lipinski definition) is 3. The van der Waals surface area contributed by atoms with Gasteiger partial charge in [0.25, 0.3) is 0 Å². The number of carbonyl (C=O) groups excluding carboxylic acids is 1. The summed E-state index contributed by atoms with van der Waals surface area (Å²) in [5.74, 6) is 0.662. The van der Waals surface area contributed by atoms with Crippen molar-refractivity contribution in [3.63, 3.8) is 0 Å². The van der Waals surface area contributed by atoms with E-state index in [2.05, 4.69) is 0 Å². The highest BCUT2D eigenvalue weighted by atomic mass is 32.2. The molecule has 0 aliphatic rings. The Bertz CT molecular complexity index is 314. The molecule has 0 aliphatic carbocycles. The number of thioether (sulfide) groups is 1. The Balaban J connectivity index is 2.35. The van der Waals surface area contributed by atoms with E-state index >= 15 is 0 Å². The van der Waals surface area contributed by atoms with Crippen molar-refractivity contribution in [1.82, 2.24) is 0 Å². The quantitative estimate of drug-likeness (QED) is 0.714. The lowest BCUT2D eigenvalue weighted by atomic mass is 10.2. The summed E-state index contributed by atoms with van der Waals surface area (Å²) in [6, 6.07) is 9.88. The molecule has 0 fully saturated rings. The predicted octanol–water partition coefficient (Wildman–Crippen LogP) is 3.85. The number of benzene rings is 1. The standard InChI is InChI=1S/C12H16O2S/c1-12(2,3)14-11(13)15-9-10-7-5-4-6-8-10/h4-8H,9H2,1-3H3. The van der Waals surface area contributed by atoms with Crippen LogP contribution in [-0.4, -0.2) is 10.9 Å². The third kappa shape index (κ3) is 5.47. The lowest BCUT2D eigenvalue weighted by Crippen LogP contribution is -2.21. The lowest BCUT2D eigenvalue weighted by Gasteiger charge is -2.18. The molecule has 0 saturated heterocycles. The Morgan fingerprint density at radius 3 is 2.40 bits per heavy atom. The number of carbonyl (C=O) groups is 1. The molecule has 0 radical (unpaired) electrons. The molecule has 0 N–H and O–H groups in total. The first-order valence-corrected chi connectivity index (χ1v) is 5.86. The molecule has 2 nitrogen and oxygen atoms in total. The molecule has 0 heterocycles. The fourth-order valence-electron chi connectivity index (χ4n) is 0.996. The Labute approximate surface area is 95.0 Å². The first-order valence-electron chi connectivity index (χ1n) is 4.87. The second-order valence-corrected chi connectivity index (χ2v) is 5.15. The highest BCUT2D eigenvalue weighted by Crippen LogP contribution is 2.18. The molecule has 3 heteroatoms. The van der Waals surface area contributed by atoms with E-state index in [9.17, 15) is 4.79 Å². The van der Waals surface area contributed by atoms with Crippen LogP contribution in [-0.2, 0) is 10.5 Å². The molecule has 15 heavy (non-hydrogen) atoms. The van der Waals surface area contributed by atoms with Crippen molar-refractivity contribution in [2.24, 2.45) is 0 Å². The molecule has 1 aromatic rings. The van der Waals surface area contributed by atoms with Crippen molar-refractivity contribution < 1.29 is 9.53 Å². The molecular formula is C12H16O2S. The van der Waals surface area contributed by atoms with Crippen LogP contribution in [0.5, 0.6) is 0 Å². The average Bonchev–Trinajstić information content (AvgIpc) is 2.14. The van der Waals surface area contributed by atoms with E-state index in [1.807, 2.05) is 51.1 Å². The zero-order valence-electron chi connectivity index (χ0n) is 9.32. The third-order valence-corrected chi connectivity index (χ3v) is 2.39. The smallest absolute Gasteiger partial charge is 0.368 e. The molecule has 0 saturated carbocycles. The van der Waals surface area contributed by atoms with Crippen LogP contribution >= 0.6 is 11.8 Å². The number of ether oxygens (including phenoxy) is 1. The number of rotatable bonds is 2. The molecule has 0 aliphatic heterocycles. The van der Waals surface area contributed by atoms with Crippen LogP contribution in [0, 0.1) is 0 Å². The Morgan fingerprint density at radius 2 is 1.87 bits per heavy atom. The van der Waals surface area contributed by atoms with Crippen LogP contribution < -0.4 is 0 Å². The van der Waals surface area contributed by atoms with Crippen molar-refractivity contribution in [1.29, 1.82) is 0 Å². The van der Waals surface area contributed by atoms with Crippen molar-refractivity contribution >= 4 is 17.1 Å². The fourth-order valence-corrected chi connectivity index (χ4v) is 1.78. The summed E-state index contributed by atoms with van der Waals surface area (Å²) in [4.78, 5) is 11.4. The van der Waals surface area contributed by atoms with Gasteiger partial charge in [-0.1, -0.05) is 30.3 Å². The largest absolute Gasteiger partial charge is 0.452 e. The molecule has 1 aromatic carbocycles. The summed E-state index contributed by atoms with van der Waals surface area (Å²) in [5, 5.41) is -0.216. The van der Waals surface area contributed by atoms with Crippen molar-refractivity contribution in [2.45, 2.75) is 32.1 Å². The van der Waals surface area contributed by atoms with Gasteiger partial charge in [0.2, 0.25) is 0 Å². The predicted molar refractivity (Wildman–Crippen MR) is 64.0 cm³/mol. The van der Waals surface area contributed by atoms with Gasteiger partial charge in [-0.05, 0) is 38.1 Å². The van der Waals surface area contributed by atoms with Crippen molar-refractivity contribution in [2.75, 3.05) is 0 Å². The van der Waals surface area contributed by atoms with Gasteiger partial charge >= 0.3 is 5.30 Å². The van der Waals surface area contributed by atoms with Gasteiger partial charge in [0.05, 0.1) is 0 Å².